The largest absolute Gasteiger partial charge is 0.236 e. The van der Waals surface area contributed by atoms with Gasteiger partial charge in [0.15, 0.2) is 0 Å². The molecule has 5 nitrogen and oxygen atoms in total. The molecule has 24 heavy (non-hydrogen) atoms. The smallest absolute Gasteiger partial charge is 0.205 e. The van der Waals surface area contributed by atoms with Crippen molar-refractivity contribution in [3.8, 4) is 11.4 Å². The topological polar surface area (TPSA) is 56.5 Å². The van der Waals surface area contributed by atoms with Crippen LogP contribution in [0.5, 0.6) is 0 Å². The molecule has 4 rings (SSSR count). The van der Waals surface area contributed by atoms with Crippen molar-refractivity contribution in [1.29, 1.82) is 0 Å². The summed E-state index contributed by atoms with van der Waals surface area (Å²) in [4.78, 5) is 7.21. The average molecular weight is 374 g/mol. The molecule has 0 saturated carbocycles. The van der Waals surface area contributed by atoms with Gasteiger partial charge in [-0.2, -0.15) is 16.1 Å². The van der Waals surface area contributed by atoms with Gasteiger partial charge in [-0.3, -0.25) is 0 Å². The molecule has 120 valence electrons. The van der Waals surface area contributed by atoms with Crippen molar-refractivity contribution in [3.05, 3.63) is 51.8 Å². The molecule has 0 radical (unpaired) electrons. The monoisotopic (exact) mass is 373 g/mol. The molecule has 0 fully saturated rings. The Labute approximate surface area is 151 Å². The lowest BCUT2D eigenvalue weighted by Gasteiger charge is -2.06. The van der Waals surface area contributed by atoms with Crippen molar-refractivity contribution in [1.82, 2.24) is 25.2 Å². The Morgan fingerprint density at radius 2 is 2.17 bits per heavy atom. The van der Waals surface area contributed by atoms with Crippen molar-refractivity contribution in [2.45, 2.75) is 11.4 Å². The summed E-state index contributed by atoms with van der Waals surface area (Å²) >= 11 is 9.64. The maximum absolute atomic E-state index is 6.35. The van der Waals surface area contributed by atoms with Gasteiger partial charge in [0.05, 0.1) is 12.1 Å². The SMILES string of the molecule is CSc1ccc2cc(Cn3nnc(-c4ccsc4)n3)c(Cl)nc2c1. The number of hydrogen-bond donors (Lipinski definition) is 0. The van der Waals surface area contributed by atoms with E-state index >= 15 is 0 Å². The lowest BCUT2D eigenvalue weighted by Crippen LogP contribution is -2.05. The molecule has 0 spiro atoms. The second-order valence-electron chi connectivity index (χ2n) is 5.15. The molecular weight excluding hydrogens is 362 g/mol. The third kappa shape index (κ3) is 3.02. The fourth-order valence-electron chi connectivity index (χ4n) is 2.37. The predicted molar refractivity (Wildman–Crippen MR) is 98.8 cm³/mol. The molecular formula is C16H12ClN5S2. The number of tetrazole rings is 1. The maximum Gasteiger partial charge on any atom is 0.205 e. The van der Waals surface area contributed by atoms with Crippen LogP contribution in [-0.2, 0) is 6.54 Å². The fourth-order valence-corrected chi connectivity index (χ4v) is 3.65. The molecule has 0 aliphatic rings. The van der Waals surface area contributed by atoms with Crippen LogP contribution < -0.4 is 0 Å². The van der Waals surface area contributed by atoms with Gasteiger partial charge in [0.25, 0.3) is 0 Å². The number of hydrogen-bond acceptors (Lipinski definition) is 6. The number of thioether (sulfide) groups is 1. The first-order valence-corrected chi connectivity index (χ1v) is 9.71. The summed E-state index contributed by atoms with van der Waals surface area (Å²) in [5, 5.41) is 18.1. The fraction of sp³-hybridized carbons (Fsp3) is 0.125. The van der Waals surface area contributed by atoms with Crippen molar-refractivity contribution in [3.63, 3.8) is 0 Å². The normalized spacial score (nSPS) is 11.2. The zero-order valence-electron chi connectivity index (χ0n) is 12.7. The highest BCUT2D eigenvalue weighted by molar-refractivity contribution is 7.98. The van der Waals surface area contributed by atoms with Gasteiger partial charge in [0.1, 0.15) is 5.15 Å². The van der Waals surface area contributed by atoms with Crippen molar-refractivity contribution < 1.29 is 0 Å². The molecule has 0 amide bonds. The summed E-state index contributed by atoms with van der Waals surface area (Å²) in [5.74, 6) is 0.616. The Balaban J connectivity index is 1.66. The number of nitrogens with zero attached hydrogens (tertiary/aromatic N) is 5. The van der Waals surface area contributed by atoms with Crippen LogP contribution >= 0.6 is 34.7 Å². The molecule has 0 aliphatic heterocycles. The molecule has 4 aromatic rings. The van der Waals surface area contributed by atoms with Crippen LogP contribution in [0.2, 0.25) is 5.15 Å². The molecule has 0 bridgehead atoms. The molecule has 3 aromatic heterocycles. The molecule has 0 saturated heterocycles. The summed E-state index contributed by atoms with van der Waals surface area (Å²) in [6.45, 7) is 0.434. The van der Waals surface area contributed by atoms with E-state index in [-0.39, 0.29) is 0 Å². The first-order valence-electron chi connectivity index (χ1n) is 7.16. The van der Waals surface area contributed by atoms with Gasteiger partial charge in [-0.1, -0.05) is 17.7 Å². The molecule has 8 heteroatoms. The number of thiophene rings is 1. The van der Waals surface area contributed by atoms with E-state index in [1.165, 1.54) is 4.80 Å². The van der Waals surface area contributed by atoms with Gasteiger partial charge in [-0.05, 0) is 41.1 Å². The van der Waals surface area contributed by atoms with Gasteiger partial charge < -0.3 is 0 Å². The van der Waals surface area contributed by atoms with E-state index in [0.717, 1.165) is 26.9 Å². The molecule has 0 unspecified atom stereocenters. The highest BCUT2D eigenvalue weighted by Crippen LogP contribution is 2.25. The lowest BCUT2D eigenvalue weighted by atomic mass is 10.1. The number of pyridine rings is 1. The summed E-state index contributed by atoms with van der Waals surface area (Å²) in [6, 6.07) is 10.2. The minimum absolute atomic E-state index is 0.434. The van der Waals surface area contributed by atoms with E-state index in [4.69, 9.17) is 11.6 Å². The van der Waals surface area contributed by atoms with Crippen LogP contribution in [0.3, 0.4) is 0 Å². The Kier molecular flexibility index (Phi) is 4.22. The van der Waals surface area contributed by atoms with Gasteiger partial charge in [0.2, 0.25) is 5.82 Å². The minimum Gasteiger partial charge on any atom is -0.236 e. The highest BCUT2D eigenvalue weighted by Gasteiger charge is 2.10. The van der Waals surface area contributed by atoms with Gasteiger partial charge in [-0.25, -0.2) is 4.98 Å². The lowest BCUT2D eigenvalue weighted by molar-refractivity contribution is 0.572. The number of aromatic nitrogens is 5. The van der Waals surface area contributed by atoms with Crippen LogP contribution in [0.15, 0.2) is 46.0 Å². The second-order valence-corrected chi connectivity index (χ2v) is 7.17. The summed E-state index contributed by atoms with van der Waals surface area (Å²) in [5.41, 5.74) is 2.73. The number of halogens is 1. The Morgan fingerprint density at radius 3 is 2.96 bits per heavy atom. The first kappa shape index (κ1) is 15.6. The van der Waals surface area contributed by atoms with E-state index in [1.807, 2.05) is 35.2 Å². The summed E-state index contributed by atoms with van der Waals surface area (Å²) < 4.78 is 0. The van der Waals surface area contributed by atoms with E-state index in [2.05, 4.69) is 32.5 Å². The van der Waals surface area contributed by atoms with Crippen LogP contribution in [0, 0.1) is 0 Å². The highest BCUT2D eigenvalue weighted by atomic mass is 35.5. The molecule has 0 N–H and O–H groups in total. The van der Waals surface area contributed by atoms with Crippen molar-refractivity contribution in [2.24, 2.45) is 0 Å². The summed E-state index contributed by atoms with van der Waals surface area (Å²) in [7, 11) is 0. The Hall–Kier alpha value is -1.96. The van der Waals surface area contributed by atoms with Crippen LogP contribution in [0.25, 0.3) is 22.3 Å². The van der Waals surface area contributed by atoms with E-state index < -0.39 is 0 Å². The molecule has 0 aliphatic carbocycles. The van der Waals surface area contributed by atoms with Crippen LogP contribution in [0.4, 0.5) is 0 Å². The summed E-state index contributed by atoms with van der Waals surface area (Å²) in [6.07, 6.45) is 2.04. The number of fused-ring (bicyclic) bond motifs is 1. The van der Waals surface area contributed by atoms with Gasteiger partial charge >= 0.3 is 0 Å². The van der Waals surface area contributed by atoms with Crippen LogP contribution in [0.1, 0.15) is 5.56 Å². The third-order valence-electron chi connectivity index (χ3n) is 3.59. The van der Waals surface area contributed by atoms with Crippen LogP contribution in [-0.4, -0.2) is 31.4 Å². The standard InChI is InChI=1S/C16H12ClN5S2/c1-23-13-3-2-10-6-12(15(17)18-14(10)7-13)8-22-20-16(19-21-22)11-4-5-24-9-11/h2-7,9H,8H2,1H3. The van der Waals surface area contributed by atoms with E-state index in [9.17, 15) is 0 Å². The Morgan fingerprint density at radius 1 is 1.25 bits per heavy atom. The molecule has 3 heterocycles. The zero-order valence-corrected chi connectivity index (χ0v) is 15.1. The van der Waals surface area contributed by atoms with Gasteiger partial charge in [-0.15, -0.1) is 22.0 Å². The number of rotatable bonds is 4. The zero-order chi connectivity index (χ0) is 16.5. The predicted octanol–water partition coefficient (Wildman–Crippen LogP) is 4.37. The number of benzene rings is 1. The van der Waals surface area contributed by atoms with E-state index in [0.29, 0.717) is 17.5 Å². The minimum atomic E-state index is 0.434. The maximum atomic E-state index is 6.35. The van der Waals surface area contributed by atoms with Gasteiger partial charge in [0, 0.05) is 26.8 Å². The third-order valence-corrected chi connectivity index (χ3v) is 5.33. The van der Waals surface area contributed by atoms with Crippen molar-refractivity contribution >= 4 is 45.6 Å². The molecule has 1 aromatic carbocycles. The van der Waals surface area contributed by atoms with E-state index in [1.54, 1.807) is 23.1 Å². The molecule has 0 atom stereocenters. The average Bonchev–Trinajstić information content (AvgIpc) is 3.26. The Bertz CT molecular complexity index is 997. The quantitative estimate of drug-likeness (QED) is 0.392. The van der Waals surface area contributed by atoms with Crippen molar-refractivity contribution in [2.75, 3.05) is 6.26 Å². The second kappa shape index (κ2) is 6.51. The first-order chi connectivity index (χ1) is 11.7.